The van der Waals surface area contributed by atoms with Crippen molar-refractivity contribution in [3.63, 3.8) is 0 Å². The number of imidazole rings is 1. The number of hydrogen-bond donors (Lipinski definition) is 0. The molecule has 9 nitrogen and oxygen atoms in total. The van der Waals surface area contributed by atoms with Gasteiger partial charge < -0.3 is 13.6 Å². The first-order chi connectivity index (χ1) is 15.3. The van der Waals surface area contributed by atoms with E-state index in [0.717, 1.165) is 12.1 Å². The molecule has 0 N–H and O–H groups in total. The molecule has 3 aromatic heterocycles. The van der Waals surface area contributed by atoms with E-state index in [4.69, 9.17) is 4.42 Å². The van der Waals surface area contributed by atoms with Gasteiger partial charge in [0, 0.05) is 49.7 Å². The maximum atomic E-state index is 13.6. The summed E-state index contributed by atoms with van der Waals surface area (Å²) in [5, 5.41) is 0.523. The van der Waals surface area contributed by atoms with Crippen LogP contribution in [0.5, 0.6) is 0 Å². The summed E-state index contributed by atoms with van der Waals surface area (Å²) in [6.07, 6.45) is 2.38. The minimum atomic E-state index is -3.79. The van der Waals surface area contributed by atoms with Crippen molar-refractivity contribution in [1.29, 1.82) is 0 Å². The van der Waals surface area contributed by atoms with Gasteiger partial charge in [-0.1, -0.05) is 6.07 Å². The summed E-state index contributed by atoms with van der Waals surface area (Å²) >= 11 is 0. The van der Waals surface area contributed by atoms with Crippen molar-refractivity contribution in [2.45, 2.75) is 23.8 Å². The van der Waals surface area contributed by atoms with Gasteiger partial charge in [-0.25, -0.2) is 18.2 Å². The summed E-state index contributed by atoms with van der Waals surface area (Å²) in [4.78, 5) is 28.7. The summed E-state index contributed by atoms with van der Waals surface area (Å²) in [6.45, 7) is 1.21. The van der Waals surface area contributed by atoms with Gasteiger partial charge in [-0.15, -0.1) is 0 Å². The Labute approximate surface area is 182 Å². The predicted octanol–water partition coefficient (Wildman–Crippen LogP) is 1.65. The second kappa shape index (κ2) is 6.63. The molecule has 2 aliphatic heterocycles. The van der Waals surface area contributed by atoms with Crippen molar-refractivity contribution < 1.29 is 12.8 Å². The molecule has 32 heavy (non-hydrogen) atoms. The van der Waals surface area contributed by atoms with Crippen molar-refractivity contribution in [3.8, 4) is 0 Å². The monoisotopic (exact) mass is 452 g/mol. The SMILES string of the molecule is Cn1cnc2c(=O)oc3ccc(S(=O)(=O)N4CC5CC(C4)c4cccc(=O)n4C5)cc3c21. The molecule has 2 unspecified atom stereocenters. The van der Waals surface area contributed by atoms with Crippen molar-refractivity contribution in [2.24, 2.45) is 13.0 Å². The highest BCUT2D eigenvalue weighted by Crippen LogP contribution is 2.37. The van der Waals surface area contributed by atoms with Gasteiger partial charge in [-0.2, -0.15) is 4.31 Å². The molecule has 164 valence electrons. The van der Waals surface area contributed by atoms with Crippen LogP contribution in [0.3, 0.4) is 0 Å². The third-order valence-electron chi connectivity index (χ3n) is 6.62. The number of aryl methyl sites for hydroxylation is 1. The normalized spacial score (nSPS) is 21.2. The van der Waals surface area contributed by atoms with Crippen LogP contribution in [-0.4, -0.2) is 39.9 Å². The van der Waals surface area contributed by atoms with Gasteiger partial charge in [0.2, 0.25) is 10.0 Å². The third kappa shape index (κ3) is 2.72. The molecule has 0 saturated carbocycles. The number of aromatic nitrogens is 3. The molecule has 0 aliphatic carbocycles. The number of hydrogen-bond acceptors (Lipinski definition) is 6. The number of benzene rings is 1. The Morgan fingerprint density at radius 3 is 2.78 bits per heavy atom. The number of nitrogens with zero attached hydrogens (tertiary/aromatic N) is 4. The zero-order chi connectivity index (χ0) is 22.2. The molecule has 0 radical (unpaired) electrons. The molecule has 1 aromatic carbocycles. The zero-order valence-corrected chi connectivity index (χ0v) is 18.1. The minimum Gasteiger partial charge on any atom is -0.421 e. The van der Waals surface area contributed by atoms with Crippen LogP contribution in [0.4, 0.5) is 0 Å². The quantitative estimate of drug-likeness (QED) is 0.428. The van der Waals surface area contributed by atoms with Crippen LogP contribution in [0.25, 0.3) is 22.0 Å². The fourth-order valence-corrected chi connectivity index (χ4v) is 6.78. The van der Waals surface area contributed by atoms with Crippen LogP contribution < -0.4 is 11.2 Å². The summed E-state index contributed by atoms with van der Waals surface area (Å²) in [5.41, 5.74) is 1.33. The lowest BCUT2D eigenvalue weighted by atomic mass is 9.84. The number of piperidine rings is 1. The summed E-state index contributed by atoms with van der Waals surface area (Å²) in [5.74, 6) is 0.0619. The van der Waals surface area contributed by atoms with Crippen LogP contribution in [0.15, 0.2) is 61.6 Å². The van der Waals surface area contributed by atoms with E-state index < -0.39 is 15.6 Å². The molecule has 10 heteroatoms. The van der Waals surface area contributed by atoms with Gasteiger partial charge in [0.1, 0.15) is 5.58 Å². The standard InChI is InChI=1S/C22H20N4O5S/c1-24-12-23-20-21(24)16-8-15(5-6-18(16)31-22(20)28)32(29,30)25-9-13-7-14(11-25)17-3-2-4-19(27)26(17)10-13/h2-6,8,12-14H,7,9-11H2,1H3. The number of fused-ring (bicyclic) bond motifs is 7. The molecule has 4 aromatic rings. The highest BCUT2D eigenvalue weighted by Gasteiger charge is 2.39. The number of rotatable bonds is 2. The first-order valence-electron chi connectivity index (χ1n) is 10.4. The molecule has 2 aliphatic rings. The van der Waals surface area contributed by atoms with Gasteiger partial charge in [0.15, 0.2) is 5.52 Å². The van der Waals surface area contributed by atoms with Crippen LogP contribution in [0, 0.1) is 5.92 Å². The van der Waals surface area contributed by atoms with E-state index in [2.05, 4.69) is 4.98 Å². The molecule has 2 bridgehead atoms. The minimum absolute atomic E-state index is 0.0200. The Balaban J connectivity index is 1.44. The Morgan fingerprint density at radius 2 is 1.94 bits per heavy atom. The first kappa shape index (κ1) is 19.4. The average Bonchev–Trinajstić information content (AvgIpc) is 3.17. The van der Waals surface area contributed by atoms with E-state index in [0.29, 0.717) is 36.1 Å². The summed E-state index contributed by atoms with van der Waals surface area (Å²) in [6, 6.07) is 9.75. The van der Waals surface area contributed by atoms with Crippen molar-refractivity contribution in [3.05, 3.63) is 69.2 Å². The fraction of sp³-hybridized carbons (Fsp3) is 0.318. The molecule has 1 saturated heterocycles. The Hall–Kier alpha value is -3.24. The van der Waals surface area contributed by atoms with Gasteiger partial charge >= 0.3 is 5.63 Å². The van der Waals surface area contributed by atoms with Crippen molar-refractivity contribution >= 4 is 32.0 Å². The highest BCUT2D eigenvalue weighted by atomic mass is 32.2. The first-order valence-corrected chi connectivity index (χ1v) is 11.8. The molecule has 2 atom stereocenters. The molecule has 0 amide bonds. The van der Waals surface area contributed by atoms with E-state index in [-0.39, 0.29) is 27.8 Å². The maximum Gasteiger partial charge on any atom is 0.364 e. The van der Waals surface area contributed by atoms with E-state index in [9.17, 15) is 18.0 Å². The van der Waals surface area contributed by atoms with E-state index in [1.165, 1.54) is 22.8 Å². The zero-order valence-electron chi connectivity index (χ0n) is 17.3. The van der Waals surface area contributed by atoms with Gasteiger partial charge in [0.05, 0.1) is 16.7 Å². The van der Waals surface area contributed by atoms with Gasteiger partial charge in [-0.3, -0.25) is 4.79 Å². The molecular formula is C22H20N4O5S. The molecular weight excluding hydrogens is 432 g/mol. The highest BCUT2D eigenvalue weighted by molar-refractivity contribution is 7.89. The second-order valence-corrected chi connectivity index (χ2v) is 10.6. The summed E-state index contributed by atoms with van der Waals surface area (Å²) < 4.78 is 37.5. The third-order valence-corrected chi connectivity index (χ3v) is 8.45. The Kier molecular flexibility index (Phi) is 4.03. The fourth-order valence-electron chi connectivity index (χ4n) is 5.19. The van der Waals surface area contributed by atoms with Crippen LogP contribution >= 0.6 is 0 Å². The average molecular weight is 452 g/mol. The maximum absolute atomic E-state index is 13.6. The lowest BCUT2D eigenvalue weighted by Crippen LogP contribution is -2.48. The molecule has 6 rings (SSSR count). The predicted molar refractivity (Wildman–Crippen MR) is 117 cm³/mol. The van der Waals surface area contributed by atoms with Crippen molar-refractivity contribution in [2.75, 3.05) is 13.1 Å². The van der Waals surface area contributed by atoms with Gasteiger partial charge in [0.25, 0.3) is 5.56 Å². The smallest absolute Gasteiger partial charge is 0.364 e. The lowest BCUT2D eigenvalue weighted by molar-refractivity contribution is 0.186. The second-order valence-electron chi connectivity index (χ2n) is 8.62. The number of sulfonamides is 1. The van der Waals surface area contributed by atoms with E-state index in [1.807, 2.05) is 6.07 Å². The van der Waals surface area contributed by atoms with Crippen LogP contribution in [0.2, 0.25) is 0 Å². The Morgan fingerprint density at radius 1 is 1.09 bits per heavy atom. The largest absolute Gasteiger partial charge is 0.421 e. The van der Waals surface area contributed by atoms with E-state index >= 15 is 0 Å². The molecule has 5 heterocycles. The lowest BCUT2D eigenvalue weighted by Gasteiger charge is -2.42. The molecule has 0 spiro atoms. The van der Waals surface area contributed by atoms with Crippen molar-refractivity contribution in [1.82, 2.24) is 18.4 Å². The van der Waals surface area contributed by atoms with Crippen LogP contribution in [0.1, 0.15) is 18.0 Å². The van der Waals surface area contributed by atoms with Crippen LogP contribution in [-0.2, 0) is 23.6 Å². The topological polar surface area (TPSA) is 107 Å². The summed E-state index contributed by atoms with van der Waals surface area (Å²) in [7, 11) is -2.04. The number of pyridine rings is 1. The van der Waals surface area contributed by atoms with Gasteiger partial charge in [-0.05, 0) is 36.6 Å². The molecule has 1 fully saturated rings. The Bertz CT molecular complexity index is 1630. The van der Waals surface area contributed by atoms with E-state index in [1.54, 1.807) is 34.4 Å².